The molecule has 0 aromatic heterocycles. The molecule has 2 aliphatic heterocycles. The van der Waals surface area contributed by atoms with Gasteiger partial charge in [-0.15, -0.1) is 0 Å². The molecule has 2 aliphatic rings. The third-order valence-electron chi connectivity index (χ3n) is 5.55. The molecule has 8 nitrogen and oxygen atoms in total. The Morgan fingerprint density at radius 1 is 0.966 bits per heavy atom. The number of morpholine rings is 1. The van der Waals surface area contributed by atoms with Gasteiger partial charge in [0.25, 0.3) is 0 Å². The molecule has 2 heterocycles. The van der Waals surface area contributed by atoms with Crippen molar-refractivity contribution in [2.75, 3.05) is 52.5 Å². The smallest absolute Gasteiger partial charge is 0.243 e. The molecule has 0 radical (unpaired) electrons. The fraction of sp³-hybridized carbons (Fsp3) is 0.684. The number of piperidine rings is 1. The number of hydrogen-bond acceptors (Lipinski definition) is 6. The molecule has 0 aliphatic carbocycles. The highest BCUT2D eigenvalue weighted by molar-refractivity contribution is 7.89. The lowest BCUT2D eigenvalue weighted by Crippen LogP contribution is -2.40. The van der Waals surface area contributed by atoms with Crippen molar-refractivity contribution in [2.45, 2.75) is 36.0 Å². The van der Waals surface area contributed by atoms with Gasteiger partial charge in [-0.05, 0) is 69.1 Å². The Kier molecular flexibility index (Phi) is 7.69. The summed E-state index contributed by atoms with van der Waals surface area (Å²) in [5.41, 5.74) is 0. The van der Waals surface area contributed by atoms with E-state index in [1.807, 2.05) is 0 Å². The number of benzene rings is 1. The van der Waals surface area contributed by atoms with E-state index in [1.165, 1.54) is 28.6 Å². The van der Waals surface area contributed by atoms with Crippen LogP contribution in [0.2, 0.25) is 0 Å². The minimum Gasteiger partial charge on any atom is -0.379 e. The molecule has 164 valence electrons. The highest BCUT2D eigenvalue weighted by atomic mass is 32.2. The third kappa shape index (κ3) is 5.77. The van der Waals surface area contributed by atoms with Crippen molar-refractivity contribution in [3.8, 4) is 0 Å². The summed E-state index contributed by atoms with van der Waals surface area (Å²) in [4.78, 5) is 2.60. The van der Waals surface area contributed by atoms with Crippen molar-refractivity contribution in [1.82, 2.24) is 13.9 Å². The molecule has 0 atom stereocenters. The highest BCUT2D eigenvalue weighted by Crippen LogP contribution is 2.21. The van der Waals surface area contributed by atoms with Crippen LogP contribution in [0.5, 0.6) is 0 Å². The van der Waals surface area contributed by atoms with Crippen molar-refractivity contribution in [1.29, 1.82) is 0 Å². The van der Waals surface area contributed by atoms with Crippen LogP contribution in [0.1, 0.15) is 26.2 Å². The first-order chi connectivity index (χ1) is 13.8. The molecule has 0 saturated carbocycles. The van der Waals surface area contributed by atoms with Gasteiger partial charge in [-0.3, -0.25) is 0 Å². The predicted octanol–water partition coefficient (Wildman–Crippen LogP) is 1.11. The Hall–Kier alpha value is -1.04. The van der Waals surface area contributed by atoms with E-state index in [2.05, 4.69) is 16.5 Å². The SMILES string of the molecule is CCCN1CCC(CNS(=O)(=O)c2ccc(S(=O)(=O)N3CCOCC3)cc2)CC1. The number of nitrogens with one attached hydrogen (secondary N) is 1. The second-order valence-corrected chi connectivity index (χ2v) is 11.3. The van der Waals surface area contributed by atoms with E-state index in [1.54, 1.807) is 0 Å². The molecule has 1 aromatic carbocycles. The Bertz CT molecular complexity index is 858. The summed E-state index contributed by atoms with van der Waals surface area (Å²) < 4.78 is 59.8. The zero-order valence-corrected chi connectivity index (χ0v) is 18.6. The van der Waals surface area contributed by atoms with Gasteiger partial charge in [-0.1, -0.05) is 6.92 Å². The maximum Gasteiger partial charge on any atom is 0.243 e. The average molecular weight is 446 g/mol. The molecule has 2 fully saturated rings. The van der Waals surface area contributed by atoms with Gasteiger partial charge in [0.15, 0.2) is 0 Å². The lowest BCUT2D eigenvalue weighted by atomic mass is 9.97. The van der Waals surface area contributed by atoms with Gasteiger partial charge in [0.2, 0.25) is 20.0 Å². The molecular formula is C19H31N3O5S2. The van der Waals surface area contributed by atoms with Crippen molar-refractivity contribution in [2.24, 2.45) is 5.92 Å². The number of rotatable bonds is 8. The summed E-state index contributed by atoms with van der Waals surface area (Å²) in [6.45, 7) is 7.04. The van der Waals surface area contributed by atoms with Crippen LogP contribution in [0, 0.1) is 5.92 Å². The minimum absolute atomic E-state index is 0.0850. The number of hydrogen-bond donors (Lipinski definition) is 1. The first kappa shape index (κ1) is 22.6. The van der Waals surface area contributed by atoms with E-state index in [4.69, 9.17) is 4.74 Å². The molecule has 2 saturated heterocycles. The quantitative estimate of drug-likeness (QED) is 0.644. The van der Waals surface area contributed by atoms with Crippen molar-refractivity contribution in [3.63, 3.8) is 0 Å². The lowest BCUT2D eigenvalue weighted by Gasteiger charge is -2.31. The zero-order valence-electron chi connectivity index (χ0n) is 16.9. The zero-order chi connectivity index (χ0) is 20.9. The normalized spacial score (nSPS) is 20.7. The lowest BCUT2D eigenvalue weighted by molar-refractivity contribution is 0.0730. The van der Waals surface area contributed by atoms with Gasteiger partial charge < -0.3 is 9.64 Å². The Morgan fingerprint density at radius 2 is 1.55 bits per heavy atom. The second-order valence-electron chi connectivity index (χ2n) is 7.62. The van der Waals surface area contributed by atoms with E-state index in [0.29, 0.717) is 38.8 Å². The average Bonchev–Trinajstić information content (AvgIpc) is 2.74. The van der Waals surface area contributed by atoms with Gasteiger partial charge in [0.1, 0.15) is 0 Å². The number of nitrogens with zero attached hydrogens (tertiary/aromatic N) is 2. The van der Waals surface area contributed by atoms with Crippen LogP contribution in [-0.2, 0) is 24.8 Å². The van der Waals surface area contributed by atoms with Crippen LogP contribution >= 0.6 is 0 Å². The van der Waals surface area contributed by atoms with E-state index in [9.17, 15) is 16.8 Å². The highest BCUT2D eigenvalue weighted by Gasteiger charge is 2.27. The minimum atomic E-state index is -3.66. The van der Waals surface area contributed by atoms with Crippen LogP contribution < -0.4 is 4.72 Å². The summed E-state index contributed by atoms with van der Waals surface area (Å²) in [7, 11) is -7.29. The fourth-order valence-corrected chi connectivity index (χ4v) is 6.29. The summed E-state index contributed by atoms with van der Waals surface area (Å²) >= 11 is 0. The second kappa shape index (κ2) is 9.84. The van der Waals surface area contributed by atoms with Gasteiger partial charge in [0, 0.05) is 19.6 Å². The van der Waals surface area contributed by atoms with Gasteiger partial charge in [-0.25, -0.2) is 21.6 Å². The number of ether oxygens (including phenoxy) is 1. The molecule has 0 bridgehead atoms. The van der Waals surface area contributed by atoms with E-state index < -0.39 is 20.0 Å². The van der Waals surface area contributed by atoms with E-state index in [-0.39, 0.29) is 9.79 Å². The third-order valence-corrected chi connectivity index (χ3v) is 8.90. The monoisotopic (exact) mass is 445 g/mol. The molecule has 1 N–H and O–H groups in total. The van der Waals surface area contributed by atoms with Crippen molar-refractivity contribution < 1.29 is 21.6 Å². The predicted molar refractivity (Wildman–Crippen MR) is 111 cm³/mol. The first-order valence-electron chi connectivity index (χ1n) is 10.2. The van der Waals surface area contributed by atoms with Crippen LogP contribution in [0.4, 0.5) is 0 Å². The summed E-state index contributed by atoms with van der Waals surface area (Å²) in [5, 5.41) is 0. The summed E-state index contributed by atoms with van der Waals surface area (Å²) in [6.07, 6.45) is 3.10. The largest absolute Gasteiger partial charge is 0.379 e. The number of likely N-dealkylation sites (tertiary alicyclic amines) is 1. The fourth-order valence-electron chi connectivity index (χ4n) is 3.77. The van der Waals surface area contributed by atoms with Crippen LogP contribution in [-0.4, -0.2) is 78.5 Å². The Morgan fingerprint density at radius 3 is 2.14 bits per heavy atom. The molecule has 0 spiro atoms. The molecule has 1 aromatic rings. The molecular weight excluding hydrogens is 414 g/mol. The van der Waals surface area contributed by atoms with E-state index in [0.717, 1.165) is 38.9 Å². The molecule has 29 heavy (non-hydrogen) atoms. The van der Waals surface area contributed by atoms with Crippen molar-refractivity contribution in [3.05, 3.63) is 24.3 Å². The molecule has 0 unspecified atom stereocenters. The summed E-state index contributed by atoms with van der Waals surface area (Å²) in [5.74, 6) is 0.332. The maximum absolute atomic E-state index is 12.7. The molecule has 3 rings (SSSR count). The van der Waals surface area contributed by atoms with Crippen LogP contribution in [0.25, 0.3) is 0 Å². The van der Waals surface area contributed by atoms with Gasteiger partial charge in [-0.2, -0.15) is 4.31 Å². The maximum atomic E-state index is 12.7. The van der Waals surface area contributed by atoms with Crippen molar-refractivity contribution >= 4 is 20.0 Å². The van der Waals surface area contributed by atoms with E-state index >= 15 is 0 Å². The number of sulfonamides is 2. The standard InChI is InChI=1S/C19H31N3O5S2/c1-2-9-21-10-7-17(8-11-21)16-20-28(23,24)18-3-5-19(6-4-18)29(25,26)22-12-14-27-15-13-22/h3-6,17,20H,2,7-16H2,1H3. The first-order valence-corrected chi connectivity index (χ1v) is 13.2. The Balaban J connectivity index is 1.58. The van der Waals surface area contributed by atoms with Gasteiger partial charge in [0.05, 0.1) is 23.0 Å². The van der Waals surface area contributed by atoms with Crippen LogP contribution in [0.3, 0.4) is 0 Å². The van der Waals surface area contributed by atoms with Crippen LogP contribution in [0.15, 0.2) is 34.1 Å². The summed E-state index contributed by atoms with van der Waals surface area (Å²) in [6, 6.07) is 5.45. The topological polar surface area (TPSA) is 96.0 Å². The van der Waals surface area contributed by atoms with Gasteiger partial charge >= 0.3 is 0 Å². The molecule has 10 heteroatoms. The Labute approximate surface area is 174 Å². The molecule has 0 amide bonds.